The molecule has 0 fully saturated rings. The number of hydrogen-bond acceptors (Lipinski definition) is 3. The molecule has 0 bridgehead atoms. The second-order valence-electron chi connectivity index (χ2n) is 2.32. The van der Waals surface area contributed by atoms with Gasteiger partial charge in [0.25, 0.3) is 0 Å². The molecule has 0 aliphatic carbocycles. The number of hydrogen-bond donors (Lipinski definition) is 1. The minimum absolute atomic E-state index is 0.0152. The van der Waals surface area contributed by atoms with Crippen molar-refractivity contribution in [3.63, 3.8) is 0 Å². The van der Waals surface area contributed by atoms with E-state index in [0.717, 1.165) is 7.11 Å². The van der Waals surface area contributed by atoms with Gasteiger partial charge in [-0.3, -0.25) is 0 Å². The number of esters is 1. The molecule has 0 heterocycles. The van der Waals surface area contributed by atoms with E-state index >= 15 is 0 Å². The van der Waals surface area contributed by atoms with Crippen LogP contribution in [0.25, 0.3) is 0 Å². The van der Waals surface area contributed by atoms with Gasteiger partial charge in [-0.05, 0) is 12.1 Å². The van der Waals surface area contributed by atoms with Gasteiger partial charge in [-0.1, -0.05) is 11.6 Å². The summed E-state index contributed by atoms with van der Waals surface area (Å²) in [6, 6.07) is 2.62. The topological polar surface area (TPSA) is 52.3 Å². The van der Waals surface area contributed by atoms with Crippen molar-refractivity contribution in [2.75, 3.05) is 12.8 Å². The van der Waals surface area contributed by atoms with E-state index < -0.39 is 11.8 Å². The lowest BCUT2D eigenvalue weighted by molar-refractivity contribution is 0.0596. The summed E-state index contributed by atoms with van der Waals surface area (Å²) in [4.78, 5) is 11.0. The summed E-state index contributed by atoms with van der Waals surface area (Å²) in [5, 5.41) is -0.0152. The first kappa shape index (κ1) is 9.80. The van der Waals surface area contributed by atoms with Gasteiger partial charge >= 0.3 is 5.97 Å². The minimum Gasteiger partial charge on any atom is -0.465 e. The van der Waals surface area contributed by atoms with Crippen molar-refractivity contribution in [3.05, 3.63) is 28.5 Å². The number of benzene rings is 1. The van der Waals surface area contributed by atoms with Gasteiger partial charge in [0.15, 0.2) is 5.82 Å². The Kier molecular flexibility index (Phi) is 2.72. The van der Waals surface area contributed by atoms with E-state index in [0.29, 0.717) is 0 Å². The van der Waals surface area contributed by atoms with Crippen LogP contribution in [0.2, 0.25) is 5.02 Å². The zero-order valence-electron chi connectivity index (χ0n) is 6.80. The summed E-state index contributed by atoms with van der Waals surface area (Å²) in [7, 11) is 1.14. The zero-order valence-corrected chi connectivity index (χ0v) is 7.56. The molecule has 0 aromatic heterocycles. The molecule has 0 spiro atoms. The SMILES string of the molecule is COC(=O)c1c(Cl)ccc(N)c1F. The Morgan fingerprint density at radius 3 is 2.77 bits per heavy atom. The Labute approximate surface area is 79.2 Å². The lowest BCUT2D eigenvalue weighted by Crippen LogP contribution is -2.07. The average Bonchev–Trinajstić information content (AvgIpc) is 2.12. The van der Waals surface area contributed by atoms with Gasteiger partial charge < -0.3 is 10.5 Å². The zero-order chi connectivity index (χ0) is 10.0. The Morgan fingerprint density at radius 2 is 2.23 bits per heavy atom. The minimum atomic E-state index is -0.848. The number of halogens is 2. The van der Waals surface area contributed by atoms with Crippen molar-refractivity contribution in [2.45, 2.75) is 0 Å². The van der Waals surface area contributed by atoms with Gasteiger partial charge in [0.2, 0.25) is 0 Å². The van der Waals surface area contributed by atoms with Crippen LogP contribution in [-0.4, -0.2) is 13.1 Å². The van der Waals surface area contributed by atoms with Crippen LogP contribution in [0.4, 0.5) is 10.1 Å². The second kappa shape index (κ2) is 3.62. The molecule has 0 amide bonds. The highest BCUT2D eigenvalue weighted by Crippen LogP contribution is 2.24. The molecule has 0 saturated carbocycles. The fourth-order valence-corrected chi connectivity index (χ4v) is 1.08. The molecule has 1 aromatic carbocycles. The van der Waals surface area contributed by atoms with Gasteiger partial charge in [0.05, 0.1) is 17.8 Å². The maximum atomic E-state index is 13.2. The molecule has 2 N–H and O–H groups in total. The molecule has 0 radical (unpaired) electrons. The summed E-state index contributed by atoms with van der Waals surface area (Å²) in [6.07, 6.45) is 0. The molecule has 1 rings (SSSR count). The van der Waals surface area contributed by atoms with Crippen molar-refractivity contribution in [3.8, 4) is 0 Å². The largest absolute Gasteiger partial charge is 0.465 e. The highest BCUT2D eigenvalue weighted by Gasteiger charge is 2.18. The first-order valence-electron chi connectivity index (χ1n) is 3.39. The van der Waals surface area contributed by atoms with Crippen LogP contribution in [0, 0.1) is 5.82 Å². The van der Waals surface area contributed by atoms with Crippen LogP contribution in [-0.2, 0) is 4.74 Å². The fourth-order valence-electron chi connectivity index (χ4n) is 0.858. The summed E-state index contributed by atoms with van der Waals surface area (Å²) in [5.41, 5.74) is 4.78. The van der Waals surface area contributed by atoms with Crippen LogP contribution < -0.4 is 5.73 Å². The highest BCUT2D eigenvalue weighted by atomic mass is 35.5. The van der Waals surface area contributed by atoms with Crippen molar-refractivity contribution in [2.24, 2.45) is 0 Å². The monoisotopic (exact) mass is 203 g/mol. The Hall–Kier alpha value is -1.29. The van der Waals surface area contributed by atoms with Crippen LogP contribution in [0.3, 0.4) is 0 Å². The van der Waals surface area contributed by atoms with E-state index in [2.05, 4.69) is 4.74 Å². The van der Waals surface area contributed by atoms with Gasteiger partial charge in [-0.2, -0.15) is 0 Å². The number of rotatable bonds is 1. The molecule has 70 valence electrons. The molecule has 0 saturated heterocycles. The molecular formula is C8H7ClFNO2. The molecule has 0 aliphatic rings. The van der Waals surface area contributed by atoms with Crippen molar-refractivity contribution < 1.29 is 13.9 Å². The summed E-state index contributed by atoms with van der Waals surface area (Å²) >= 11 is 5.58. The molecule has 13 heavy (non-hydrogen) atoms. The standard InChI is InChI=1S/C8H7ClFNO2/c1-13-8(12)6-4(9)2-3-5(11)7(6)10/h2-3H,11H2,1H3. The van der Waals surface area contributed by atoms with Crippen LogP contribution >= 0.6 is 11.6 Å². The molecule has 0 atom stereocenters. The van der Waals surface area contributed by atoms with E-state index in [-0.39, 0.29) is 16.3 Å². The van der Waals surface area contributed by atoms with Gasteiger partial charge in [-0.15, -0.1) is 0 Å². The van der Waals surface area contributed by atoms with Crippen molar-refractivity contribution in [1.29, 1.82) is 0 Å². The lowest BCUT2D eigenvalue weighted by Gasteiger charge is -2.04. The summed E-state index contributed by atoms with van der Waals surface area (Å²) in [5.74, 6) is -1.69. The summed E-state index contributed by atoms with van der Waals surface area (Å²) < 4.78 is 17.5. The van der Waals surface area contributed by atoms with Crippen molar-refractivity contribution in [1.82, 2.24) is 0 Å². The maximum Gasteiger partial charge on any atom is 0.342 e. The Balaban J connectivity index is 3.33. The number of methoxy groups -OCH3 is 1. The highest BCUT2D eigenvalue weighted by molar-refractivity contribution is 6.33. The smallest absolute Gasteiger partial charge is 0.342 e. The average molecular weight is 204 g/mol. The van der Waals surface area contributed by atoms with Crippen molar-refractivity contribution >= 4 is 23.3 Å². The van der Waals surface area contributed by atoms with E-state index in [1.54, 1.807) is 0 Å². The third kappa shape index (κ3) is 1.72. The van der Waals surface area contributed by atoms with E-state index in [9.17, 15) is 9.18 Å². The molecular weight excluding hydrogens is 197 g/mol. The van der Waals surface area contributed by atoms with Crippen LogP contribution in [0.5, 0.6) is 0 Å². The number of carbonyl (C=O) groups excluding carboxylic acids is 1. The first-order valence-corrected chi connectivity index (χ1v) is 3.77. The number of ether oxygens (including phenoxy) is 1. The van der Waals surface area contributed by atoms with Gasteiger partial charge in [0.1, 0.15) is 5.56 Å². The molecule has 1 aromatic rings. The number of nitrogen functional groups attached to an aromatic ring is 1. The number of nitrogens with two attached hydrogens (primary N) is 1. The molecule has 5 heteroatoms. The lowest BCUT2D eigenvalue weighted by atomic mass is 10.2. The molecule has 0 unspecified atom stereocenters. The number of anilines is 1. The van der Waals surface area contributed by atoms with Gasteiger partial charge in [-0.25, -0.2) is 9.18 Å². The normalized spacial score (nSPS) is 9.77. The predicted octanol–water partition coefficient (Wildman–Crippen LogP) is 1.85. The Morgan fingerprint density at radius 1 is 1.62 bits per heavy atom. The predicted molar refractivity (Wildman–Crippen MR) is 47.2 cm³/mol. The third-order valence-corrected chi connectivity index (χ3v) is 1.83. The van der Waals surface area contributed by atoms with E-state index in [1.165, 1.54) is 12.1 Å². The first-order chi connectivity index (χ1) is 6.07. The quantitative estimate of drug-likeness (QED) is 0.560. The molecule has 3 nitrogen and oxygen atoms in total. The van der Waals surface area contributed by atoms with Gasteiger partial charge in [0, 0.05) is 0 Å². The van der Waals surface area contributed by atoms with E-state index in [1.807, 2.05) is 0 Å². The fraction of sp³-hybridized carbons (Fsp3) is 0.125. The third-order valence-electron chi connectivity index (χ3n) is 1.51. The Bertz CT molecular complexity index is 354. The second-order valence-corrected chi connectivity index (χ2v) is 2.72. The van der Waals surface area contributed by atoms with Crippen LogP contribution in [0.15, 0.2) is 12.1 Å². The maximum absolute atomic E-state index is 13.2. The van der Waals surface area contributed by atoms with E-state index in [4.69, 9.17) is 17.3 Å². The number of carbonyl (C=O) groups is 1. The van der Waals surface area contributed by atoms with Crippen LogP contribution in [0.1, 0.15) is 10.4 Å². The summed E-state index contributed by atoms with van der Waals surface area (Å²) in [6.45, 7) is 0. The molecule has 0 aliphatic heterocycles.